The highest BCUT2D eigenvalue weighted by atomic mass is 16.3. The molecule has 1 heterocycles. The number of benzene rings is 1. The Morgan fingerprint density at radius 2 is 2.06 bits per heavy atom. The molecule has 2 rings (SSSR count). The molecule has 4 heteroatoms. The van der Waals surface area contributed by atoms with E-state index < -0.39 is 5.78 Å². The molecule has 2 aromatic rings. The fraction of sp³-hybridized carbons (Fsp3) is 0.154. The number of phenols is 2. The number of aromatic nitrogens is 1. The highest BCUT2D eigenvalue weighted by Crippen LogP contribution is 2.32. The van der Waals surface area contributed by atoms with Gasteiger partial charge in [-0.25, -0.2) is 0 Å². The maximum atomic E-state index is 12.1. The highest BCUT2D eigenvalue weighted by molar-refractivity contribution is 6.11. The number of aryl methyl sites for hydroxylation is 1. The molecule has 0 unspecified atom stereocenters. The summed E-state index contributed by atoms with van der Waals surface area (Å²) in [6.45, 7) is 1.87. The van der Waals surface area contributed by atoms with Crippen LogP contribution in [0.3, 0.4) is 0 Å². The van der Waals surface area contributed by atoms with Crippen LogP contribution in [0.25, 0.3) is 0 Å². The van der Waals surface area contributed by atoms with Gasteiger partial charge in [-0.15, -0.1) is 0 Å². The van der Waals surface area contributed by atoms with Crippen LogP contribution >= 0.6 is 0 Å². The van der Waals surface area contributed by atoms with Crippen LogP contribution in [0, 0.1) is 0 Å². The second-order valence-electron chi connectivity index (χ2n) is 3.73. The Balaban J connectivity index is 2.55. The predicted octanol–water partition coefficient (Wildman–Crippen LogP) is 2.22. The van der Waals surface area contributed by atoms with Crippen LogP contribution in [0.15, 0.2) is 30.5 Å². The first kappa shape index (κ1) is 11.3. The summed E-state index contributed by atoms with van der Waals surface area (Å²) < 4.78 is 0. The lowest BCUT2D eigenvalue weighted by Crippen LogP contribution is -2.03. The average molecular weight is 231 g/mol. The number of hydrogen-bond donors (Lipinski definition) is 3. The number of hydrogen-bond acceptors (Lipinski definition) is 3. The van der Waals surface area contributed by atoms with Crippen molar-refractivity contribution in [2.75, 3.05) is 0 Å². The molecule has 0 bridgehead atoms. The van der Waals surface area contributed by atoms with E-state index in [1.54, 1.807) is 24.4 Å². The number of rotatable bonds is 3. The van der Waals surface area contributed by atoms with Gasteiger partial charge in [0.2, 0.25) is 5.78 Å². The molecule has 4 nitrogen and oxygen atoms in total. The van der Waals surface area contributed by atoms with Crippen molar-refractivity contribution in [3.63, 3.8) is 0 Å². The van der Waals surface area contributed by atoms with Crippen molar-refractivity contribution in [2.24, 2.45) is 0 Å². The monoisotopic (exact) mass is 231 g/mol. The Labute approximate surface area is 98.5 Å². The topological polar surface area (TPSA) is 73.3 Å². The third-order valence-corrected chi connectivity index (χ3v) is 2.69. The summed E-state index contributed by atoms with van der Waals surface area (Å²) in [5.74, 6) is -0.772. The van der Waals surface area contributed by atoms with E-state index >= 15 is 0 Å². The lowest BCUT2D eigenvalue weighted by atomic mass is 10.0. The van der Waals surface area contributed by atoms with Gasteiger partial charge in [0.15, 0.2) is 0 Å². The van der Waals surface area contributed by atoms with Crippen LogP contribution in [0.2, 0.25) is 0 Å². The Morgan fingerprint density at radius 1 is 1.29 bits per heavy atom. The van der Waals surface area contributed by atoms with E-state index in [1.807, 2.05) is 6.92 Å². The highest BCUT2D eigenvalue weighted by Gasteiger charge is 2.20. The van der Waals surface area contributed by atoms with Gasteiger partial charge in [-0.05, 0) is 30.2 Å². The van der Waals surface area contributed by atoms with Gasteiger partial charge in [-0.3, -0.25) is 4.79 Å². The summed E-state index contributed by atoms with van der Waals surface area (Å²) in [5, 5.41) is 19.6. The van der Waals surface area contributed by atoms with Gasteiger partial charge in [0.25, 0.3) is 0 Å². The van der Waals surface area contributed by atoms with Crippen molar-refractivity contribution in [1.82, 2.24) is 4.98 Å². The number of aromatic amines is 1. The molecule has 0 aliphatic rings. The Bertz CT molecular complexity index is 544. The minimum absolute atomic E-state index is 0.0493. The fourth-order valence-electron chi connectivity index (χ4n) is 1.74. The van der Waals surface area contributed by atoms with Crippen LogP contribution in [0.1, 0.15) is 28.5 Å². The normalized spacial score (nSPS) is 10.4. The largest absolute Gasteiger partial charge is 0.507 e. The van der Waals surface area contributed by atoms with Gasteiger partial charge in [0.05, 0.1) is 5.69 Å². The molecular formula is C13H13NO3. The maximum Gasteiger partial charge on any atom is 0.216 e. The lowest BCUT2D eigenvalue weighted by molar-refractivity contribution is 0.102. The number of phenolic OH excluding ortho intramolecular Hbond substituents is 2. The van der Waals surface area contributed by atoms with E-state index in [2.05, 4.69) is 4.98 Å². The fourth-order valence-corrected chi connectivity index (χ4v) is 1.74. The Hall–Kier alpha value is -2.23. The molecule has 3 N–H and O–H groups in total. The number of carbonyl (C=O) groups excluding carboxylic acids is 1. The first-order chi connectivity index (χ1) is 8.15. The Kier molecular flexibility index (Phi) is 2.87. The van der Waals surface area contributed by atoms with Crippen LogP contribution in [-0.2, 0) is 6.42 Å². The molecule has 17 heavy (non-hydrogen) atoms. The number of carbonyl (C=O) groups is 1. The Morgan fingerprint density at radius 3 is 2.65 bits per heavy atom. The van der Waals surface area contributed by atoms with Gasteiger partial charge in [-0.2, -0.15) is 0 Å². The number of H-pyrrole nitrogens is 1. The van der Waals surface area contributed by atoms with E-state index in [0.29, 0.717) is 17.7 Å². The van der Waals surface area contributed by atoms with E-state index in [4.69, 9.17) is 0 Å². The summed E-state index contributed by atoms with van der Waals surface area (Å²) in [4.78, 5) is 14.8. The zero-order valence-corrected chi connectivity index (χ0v) is 9.40. The van der Waals surface area contributed by atoms with Gasteiger partial charge >= 0.3 is 0 Å². The summed E-state index contributed by atoms with van der Waals surface area (Å²) in [6, 6.07) is 6.32. The summed E-state index contributed by atoms with van der Waals surface area (Å²) in [5.41, 5.74) is 0.924. The first-order valence-corrected chi connectivity index (χ1v) is 5.37. The van der Waals surface area contributed by atoms with Crippen LogP contribution in [-0.4, -0.2) is 21.0 Å². The van der Waals surface area contributed by atoms with Gasteiger partial charge in [0.1, 0.15) is 17.1 Å². The van der Waals surface area contributed by atoms with E-state index in [0.717, 1.165) is 0 Å². The van der Waals surface area contributed by atoms with Gasteiger partial charge < -0.3 is 15.2 Å². The molecule has 0 radical (unpaired) electrons. The molecule has 0 saturated heterocycles. The minimum Gasteiger partial charge on any atom is -0.507 e. The SMILES string of the molecule is CCc1ccc(O)c(C(=O)c2ccc[nH]2)c1O. The molecule has 0 aliphatic carbocycles. The first-order valence-electron chi connectivity index (χ1n) is 5.37. The van der Waals surface area contributed by atoms with Crippen molar-refractivity contribution < 1.29 is 15.0 Å². The summed E-state index contributed by atoms with van der Waals surface area (Å²) >= 11 is 0. The minimum atomic E-state index is -0.416. The number of ketones is 1. The zero-order valence-electron chi connectivity index (χ0n) is 9.40. The summed E-state index contributed by atoms with van der Waals surface area (Å²) in [7, 11) is 0. The molecule has 0 aliphatic heterocycles. The maximum absolute atomic E-state index is 12.1. The van der Waals surface area contributed by atoms with Crippen LogP contribution in [0.5, 0.6) is 11.5 Å². The third kappa shape index (κ3) is 1.89. The molecule has 0 fully saturated rings. The molecule has 0 spiro atoms. The second kappa shape index (κ2) is 4.33. The van der Waals surface area contributed by atoms with Gasteiger partial charge in [-0.1, -0.05) is 13.0 Å². The zero-order chi connectivity index (χ0) is 12.4. The standard InChI is InChI=1S/C13H13NO3/c1-2-8-5-6-10(15)11(12(8)16)13(17)9-4-3-7-14-9/h3-7,14-16H,2H2,1H3. The molecule has 0 saturated carbocycles. The molecule has 0 amide bonds. The van der Waals surface area contributed by atoms with Crippen molar-refractivity contribution in [3.05, 3.63) is 47.3 Å². The average Bonchev–Trinajstić information content (AvgIpc) is 2.82. The third-order valence-electron chi connectivity index (χ3n) is 2.69. The van der Waals surface area contributed by atoms with Gasteiger partial charge in [0, 0.05) is 6.20 Å². The quantitative estimate of drug-likeness (QED) is 0.709. The molecule has 88 valence electrons. The molecule has 1 aromatic heterocycles. The van der Waals surface area contributed by atoms with Crippen molar-refractivity contribution >= 4 is 5.78 Å². The van der Waals surface area contributed by atoms with E-state index in [1.165, 1.54) is 6.07 Å². The lowest BCUT2D eigenvalue weighted by Gasteiger charge is -2.09. The van der Waals surface area contributed by atoms with Crippen molar-refractivity contribution in [3.8, 4) is 11.5 Å². The van der Waals surface area contributed by atoms with E-state index in [9.17, 15) is 15.0 Å². The predicted molar refractivity (Wildman–Crippen MR) is 63.4 cm³/mol. The van der Waals surface area contributed by atoms with Crippen molar-refractivity contribution in [1.29, 1.82) is 0 Å². The molecular weight excluding hydrogens is 218 g/mol. The summed E-state index contributed by atoms with van der Waals surface area (Å²) in [6.07, 6.45) is 2.21. The van der Waals surface area contributed by atoms with E-state index in [-0.39, 0.29) is 17.1 Å². The van der Waals surface area contributed by atoms with Crippen molar-refractivity contribution in [2.45, 2.75) is 13.3 Å². The van der Waals surface area contributed by atoms with Crippen LogP contribution in [0.4, 0.5) is 0 Å². The number of nitrogens with one attached hydrogen (secondary N) is 1. The molecule has 1 aromatic carbocycles. The molecule has 0 atom stereocenters. The second-order valence-corrected chi connectivity index (χ2v) is 3.73. The van der Waals surface area contributed by atoms with Crippen LogP contribution < -0.4 is 0 Å². The smallest absolute Gasteiger partial charge is 0.216 e. The number of aromatic hydroxyl groups is 2.